The third-order valence-corrected chi connectivity index (χ3v) is 4.22. The van der Waals surface area contributed by atoms with E-state index < -0.39 is 11.9 Å². The summed E-state index contributed by atoms with van der Waals surface area (Å²) in [4.78, 5) is 45.5. The van der Waals surface area contributed by atoms with Crippen LogP contribution in [0.2, 0.25) is 0 Å². The molecule has 0 aliphatic rings. The largest absolute Gasteiger partial charge is 0.466 e. The Kier molecular flexibility index (Phi) is 20.4. The number of unbranched alkanes of at least 4 members (excludes halogenated alkanes) is 4. The van der Waals surface area contributed by atoms with Gasteiger partial charge in [0.05, 0.1) is 39.5 Å². The van der Waals surface area contributed by atoms with Gasteiger partial charge in [-0.1, -0.05) is 0 Å². The molecule has 0 bridgehead atoms. The number of hydrogen-bond acceptors (Lipinski definition) is 10. The average molecular weight is 463 g/mol. The van der Waals surface area contributed by atoms with Gasteiger partial charge in [-0.2, -0.15) is 0 Å². The lowest BCUT2D eigenvalue weighted by atomic mass is 10.2. The summed E-state index contributed by atoms with van der Waals surface area (Å²) in [5.41, 5.74) is 1.94. The lowest BCUT2D eigenvalue weighted by molar-refractivity contribution is -0.146. The van der Waals surface area contributed by atoms with E-state index in [1.807, 2.05) is 5.43 Å². The predicted octanol–water partition coefficient (Wildman–Crippen LogP) is 1.17. The summed E-state index contributed by atoms with van der Waals surface area (Å²) >= 11 is 0. The van der Waals surface area contributed by atoms with Crippen LogP contribution in [0.25, 0.3) is 0 Å². The van der Waals surface area contributed by atoms with Crippen LogP contribution in [0.4, 0.5) is 0 Å². The molecular weight excluding hydrogens is 424 g/mol. The molecule has 0 aliphatic heterocycles. The number of carbonyl (C=O) groups excluding carboxylic acids is 4. The molecule has 0 atom stereocenters. The number of nitrogens with one attached hydrogen (secondary N) is 1. The van der Waals surface area contributed by atoms with Crippen LogP contribution in [-0.4, -0.2) is 70.6 Å². The quantitative estimate of drug-likeness (QED) is 0.0634. The first-order chi connectivity index (χ1) is 15.5. The van der Waals surface area contributed by atoms with E-state index >= 15 is 0 Å². The van der Waals surface area contributed by atoms with Gasteiger partial charge >= 0.3 is 17.9 Å². The Bertz CT molecular complexity index is 529. The Balaban J connectivity index is 3.40. The van der Waals surface area contributed by atoms with Gasteiger partial charge in [-0.25, -0.2) is 5.84 Å². The Morgan fingerprint density at radius 2 is 1.09 bits per heavy atom. The molecule has 0 aromatic heterocycles. The van der Waals surface area contributed by atoms with Gasteiger partial charge < -0.3 is 23.7 Å². The predicted molar refractivity (Wildman–Crippen MR) is 114 cm³/mol. The molecule has 0 aromatic carbocycles. The van der Waals surface area contributed by atoms with Crippen molar-refractivity contribution in [2.45, 2.75) is 64.2 Å². The summed E-state index contributed by atoms with van der Waals surface area (Å²) in [7, 11) is 1.59. The normalized spacial score (nSPS) is 10.4. The standard InChI is InChI=1S/C21H38N2O9/c1-28-14-15-29-16-17-32-20(26)9-5-3-6-12-30-19(25)8-4-2-7-13-31-21(27)11-10-18(24)23-22/h2-17,22H2,1H3,(H,23,24). The van der Waals surface area contributed by atoms with Gasteiger partial charge in [-0.15, -0.1) is 0 Å². The maximum atomic E-state index is 11.7. The molecule has 0 saturated heterocycles. The van der Waals surface area contributed by atoms with Gasteiger partial charge in [-0.05, 0) is 38.5 Å². The molecule has 1 amide bonds. The second-order valence-corrected chi connectivity index (χ2v) is 6.96. The molecule has 0 rings (SSSR count). The van der Waals surface area contributed by atoms with Gasteiger partial charge in [0, 0.05) is 26.4 Å². The van der Waals surface area contributed by atoms with Crippen LogP contribution >= 0.6 is 0 Å². The Labute approximate surface area is 189 Å². The number of hydrogen-bond donors (Lipinski definition) is 2. The van der Waals surface area contributed by atoms with Crippen molar-refractivity contribution in [3.8, 4) is 0 Å². The Morgan fingerprint density at radius 1 is 0.594 bits per heavy atom. The molecule has 11 nitrogen and oxygen atoms in total. The zero-order valence-electron chi connectivity index (χ0n) is 19.1. The molecule has 0 radical (unpaired) electrons. The third-order valence-electron chi connectivity index (χ3n) is 4.22. The number of nitrogens with two attached hydrogens (primary N) is 1. The maximum Gasteiger partial charge on any atom is 0.306 e. The van der Waals surface area contributed by atoms with Crippen LogP contribution in [0.5, 0.6) is 0 Å². The average Bonchev–Trinajstić information content (AvgIpc) is 2.78. The van der Waals surface area contributed by atoms with Crippen molar-refractivity contribution in [1.29, 1.82) is 0 Å². The molecule has 0 aliphatic carbocycles. The molecule has 0 heterocycles. The van der Waals surface area contributed by atoms with Crippen LogP contribution in [0, 0.1) is 0 Å². The van der Waals surface area contributed by atoms with Gasteiger partial charge in [0.15, 0.2) is 0 Å². The van der Waals surface area contributed by atoms with Crippen molar-refractivity contribution in [2.24, 2.45) is 5.84 Å². The smallest absolute Gasteiger partial charge is 0.306 e. The Hall–Kier alpha value is -2.24. The zero-order valence-corrected chi connectivity index (χ0v) is 19.1. The van der Waals surface area contributed by atoms with E-state index in [0.29, 0.717) is 65.0 Å². The number of esters is 3. The molecule has 0 saturated carbocycles. The van der Waals surface area contributed by atoms with E-state index in [1.165, 1.54) is 0 Å². The van der Waals surface area contributed by atoms with E-state index in [4.69, 9.17) is 29.5 Å². The van der Waals surface area contributed by atoms with Gasteiger partial charge in [0.1, 0.15) is 6.61 Å². The lowest BCUT2D eigenvalue weighted by Gasteiger charge is -2.07. The van der Waals surface area contributed by atoms with Crippen molar-refractivity contribution in [3.63, 3.8) is 0 Å². The first-order valence-corrected chi connectivity index (χ1v) is 11.0. The lowest BCUT2D eigenvalue weighted by Crippen LogP contribution is -2.30. The summed E-state index contributed by atoms with van der Waals surface area (Å²) < 4.78 is 25.2. The summed E-state index contributed by atoms with van der Waals surface area (Å²) in [6, 6.07) is 0. The van der Waals surface area contributed by atoms with Crippen molar-refractivity contribution in [2.75, 3.05) is 46.8 Å². The highest BCUT2D eigenvalue weighted by Crippen LogP contribution is 2.05. The number of carbonyl (C=O) groups is 4. The SMILES string of the molecule is COCCOCCOC(=O)CCCCCOC(=O)CCCCCOC(=O)CCC(=O)NN. The third kappa shape index (κ3) is 21.0. The van der Waals surface area contributed by atoms with Crippen LogP contribution in [0.3, 0.4) is 0 Å². The van der Waals surface area contributed by atoms with Gasteiger partial charge in [0.2, 0.25) is 5.91 Å². The zero-order chi connectivity index (χ0) is 23.9. The minimum absolute atomic E-state index is 0.00359. The van der Waals surface area contributed by atoms with E-state index in [2.05, 4.69) is 0 Å². The molecular formula is C21H38N2O9. The van der Waals surface area contributed by atoms with Crippen LogP contribution in [-0.2, 0) is 42.9 Å². The van der Waals surface area contributed by atoms with Gasteiger partial charge in [-0.3, -0.25) is 24.6 Å². The van der Waals surface area contributed by atoms with Crippen LogP contribution in [0.15, 0.2) is 0 Å². The fourth-order valence-corrected chi connectivity index (χ4v) is 2.43. The van der Waals surface area contributed by atoms with E-state index in [0.717, 1.165) is 12.8 Å². The summed E-state index contributed by atoms with van der Waals surface area (Å²) in [5, 5.41) is 0. The molecule has 3 N–H and O–H groups in total. The van der Waals surface area contributed by atoms with Crippen molar-refractivity contribution >= 4 is 23.8 Å². The summed E-state index contributed by atoms with van der Waals surface area (Å²) in [5.74, 6) is 3.53. The molecule has 11 heteroatoms. The second kappa shape index (κ2) is 22.0. The molecule has 186 valence electrons. The number of amides is 1. The van der Waals surface area contributed by atoms with Crippen molar-refractivity contribution in [3.05, 3.63) is 0 Å². The van der Waals surface area contributed by atoms with Crippen molar-refractivity contribution in [1.82, 2.24) is 5.43 Å². The van der Waals surface area contributed by atoms with Crippen LogP contribution in [0.1, 0.15) is 64.2 Å². The fraction of sp³-hybridized carbons (Fsp3) is 0.810. The molecule has 0 spiro atoms. The van der Waals surface area contributed by atoms with E-state index in [1.54, 1.807) is 7.11 Å². The highest BCUT2D eigenvalue weighted by atomic mass is 16.6. The summed E-state index contributed by atoms with van der Waals surface area (Å²) in [6.45, 7) is 2.15. The molecule has 0 aromatic rings. The van der Waals surface area contributed by atoms with E-state index in [-0.39, 0.29) is 38.0 Å². The minimum atomic E-state index is -0.451. The first-order valence-electron chi connectivity index (χ1n) is 11.0. The Morgan fingerprint density at radius 3 is 1.62 bits per heavy atom. The molecule has 0 fully saturated rings. The highest BCUT2D eigenvalue weighted by Gasteiger charge is 2.07. The molecule has 0 unspecified atom stereocenters. The van der Waals surface area contributed by atoms with E-state index in [9.17, 15) is 19.2 Å². The number of methoxy groups -OCH3 is 1. The second-order valence-electron chi connectivity index (χ2n) is 6.96. The van der Waals surface area contributed by atoms with Gasteiger partial charge in [0.25, 0.3) is 0 Å². The molecule has 32 heavy (non-hydrogen) atoms. The topological polar surface area (TPSA) is 152 Å². The fourth-order valence-electron chi connectivity index (χ4n) is 2.43. The first kappa shape index (κ1) is 29.8. The highest BCUT2D eigenvalue weighted by molar-refractivity contribution is 5.80. The number of hydrazine groups is 1. The maximum absolute atomic E-state index is 11.7. The van der Waals surface area contributed by atoms with Crippen LogP contribution < -0.4 is 11.3 Å². The number of ether oxygens (including phenoxy) is 5. The monoisotopic (exact) mass is 462 g/mol. The number of rotatable bonds is 21. The van der Waals surface area contributed by atoms with Crippen molar-refractivity contribution < 1.29 is 42.9 Å². The summed E-state index contributed by atoms with van der Waals surface area (Å²) in [6.07, 6.45) is 4.77. The minimum Gasteiger partial charge on any atom is -0.466 e.